The molecule has 0 saturated heterocycles. The molecule has 84 valence electrons. The van der Waals surface area contributed by atoms with E-state index in [1.54, 1.807) is 24.4 Å². The summed E-state index contributed by atoms with van der Waals surface area (Å²) in [5.74, 6) is 0.364. The number of pyridine rings is 1. The number of aromatic nitrogens is 1. The molecule has 0 bridgehead atoms. The fraction of sp³-hybridized carbons (Fsp3) is 0. The highest BCUT2D eigenvalue weighted by Crippen LogP contribution is 2.03. The van der Waals surface area contributed by atoms with Crippen LogP contribution < -0.4 is 5.32 Å². The monoisotopic (exact) mass is 224 g/mol. The lowest BCUT2D eigenvalue weighted by atomic mass is 10.2. The number of hydrogen-bond acceptors (Lipinski definition) is 2. The molecular formula is C14H12N2O. The zero-order valence-electron chi connectivity index (χ0n) is 9.21. The van der Waals surface area contributed by atoms with Crippen LogP contribution in [0.5, 0.6) is 0 Å². The van der Waals surface area contributed by atoms with Gasteiger partial charge in [0.1, 0.15) is 5.82 Å². The number of anilines is 1. The molecule has 0 radical (unpaired) electrons. The van der Waals surface area contributed by atoms with Gasteiger partial charge in [0.25, 0.3) is 0 Å². The minimum atomic E-state index is -0.187. The van der Waals surface area contributed by atoms with Crippen LogP contribution in [0.4, 0.5) is 5.82 Å². The maximum atomic E-state index is 11.5. The van der Waals surface area contributed by atoms with E-state index in [2.05, 4.69) is 10.3 Å². The average molecular weight is 224 g/mol. The van der Waals surface area contributed by atoms with Crippen LogP contribution in [0, 0.1) is 0 Å². The standard InChI is InChI=1S/C14H12N2O/c17-14(16-13-8-4-5-11-15-13)10-9-12-6-2-1-3-7-12/h1-11H,(H,15,16,17). The number of carbonyl (C=O) groups excluding carboxylic acids is 1. The van der Waals surface area contributed by atoms with E-state index in [0.29, 0.717) is 5.82 Å². The second kappa shape index (κ2) is 5.61. The van der Waals surface area contributed by atoms with Crippen LogP contribution in [-0.2, 0) is 4.79 Å². The van der Waals surface area contributed by atoms with E-state index in [1.165, 1.54) is 6.08 Å². The lowest BCUT2D eigenvalue weighted by molar-refractivity contribution is -0.111. The molecule has 1 aromatic carbocycles. The molecule has 1 aromatic heterocycles. The molecular weight excluding hydrogens is 212 g/mol. The summed E-state index contributed by atoms with van der Waals surface area (Å²) >= 11 is 0. The fourth-order valence-electron chi connectivity index (χ4n) is 1.34. The lowest BCUT2D eigenvalue weighted by Crippen LogP contribution is -2.08. The predicted octanol–water partition coefficient (Wildman–Crippen LogP) is 2.73. The van der Waals surface area contributed by atoms with Gasteiger partial charge in [-0.3, -0.25) is 4.79 Å². The van der Waals surface area contributed by atoms with Gasteiger partial charge in [-0.15, -0.1) is 0 Å². The van der Waals surface area contributed by atoms with E-state index in [9.17, 15) is 4.79 Å². The number of carbonyl (C=O) groups is 1. The summed E-state index contributed by atoms with van der Waals surface area (Å²) in [5.41, 5.74) is 0.990. The minimum Gasteiger partial charge on any atom is -0.307 e. The molecule has 3 heteroatoms. The largest absolute Gasteiger partial charge is 0.307 e. The summed E-state index contributed by atoms with van der Waals surface area (Å²) in [6.45, 7) is 0. The first-order valence-electron chi connectivity index (χ1n) is 5.30. The van der Waals surface area contributed by atoms with Crippen molar-refractivity contribution in [3.63, 3.8) is 0 Å². The Morgan fingerprint density at radius 2 is 1.82 bits per heavy atom. The zero-order valence-corrected chi connectivity index (χ0v) is 9.21. The van der Waals surface area contributed by atoms with Crippen molar-refractivity contribution in [2.75, 3.05) is 5.32 Å². The molecule has 1 heterocycles. The Morgan fingerprint density at radius 1 is 1.06 bits per heavy atom. The summed E-state index contributed by atoms with van der Waals surface area (Å²) in [6.07, 6.45) is 4.89. The Morgan fingerprint density at radius 3 is 2.53 bits per heavy atom. The first-order valence-corrected chi connectivity index (χ1v) is 5.30. The molecule has 2 aromatic rings. The Labute approximate surface area is 99.8 Å². The van der Waals surface area contributed by atoms with Crippen LogP contribution in [0.2, 0.25) is 0 Å². The molecule has 0 atom stereocenters. The van der Waals surface area contributed by atoms with Gasteiger partial charge in [-0.25, -0.2) is 4.98 Å². The van der Waals surface area contributed by atoms with Gasteiger partial charge in [-0.05, 0) is 23.8 Å². The van der Waals surface area contributed by atoms with Crippen molar-refractivity contribution >= 4 is 17.8 Å². The smallest absolute Gasteiger partial charge is 0.249 e. The van der Waals surface area contributed by atoms with Crippen molar-refractivity contribution in [1.29, 1.82) is 0 Å². The second-order valence-electron chi connectivity index (χ2n) is 3.45. The third-order valence-electron chi connectivity index (χ3n) is 2.14. The summed E-state index contributed by atoms with van der Waals surface area (Å²) in [6, 6.07) is 15.0. The van der Waals surface area contributed by atoms with E-state index in [4.69, 9.17) is 0 Å². The maximum absolute atomic E-state index is 11.5. The third-order valence-corrected chi connectivity index (χ3v) is 2.14. The molecule has 1 amide bonds. The van der Waals surface area contributed by atoms with Crippen LogP contribution in [0.1, 0.15) is 5.56 Å². The highest BCUT2D eigenvalue weighted by atomic mass is 16.1. The lowest BCUT2D eigenvalue weighted by Gasteiger charge is -1.99. The Bertz CT molecular complexity index is 506. The van der Waals surface area contributed by atoms with Crippen LogP contribution in [0.25, 0.3) is 6.08 Å². The Hall–Kier alpha value is -2.42. The van der Waals surface area contributed by atoms with Crippen LogP contribution in [0.15, 0.2) is 60.8 Å². The molecule has 0 aliphatic rings. The van der Waals surface area contributed by atoms with Crippen molar-refractivity contribution in [2.45, 2.75) is 0 Å². The Kier molecular flexibility index (Phi) is 3.65. The molecule has 0 aliphatic carbocycles. The normalized spacial score (nSPS) is 10.4. The number of rotatable bonds is 3. The molecule has 0 fully saturated rings. The molecule has 0 spiro atoms. The molecule has 0 saturated carbocycles. The number of hydrogen-bond donors (Lipinski definition) is 1. The first kappa shape index (κ1) is 11.1. The topological polar surface area (TPSA) is 42.0 Å². The Balaban J connectivity index is 1.96. The zero-order chi connectivity index (χ0) is 11.9. The second-order valence-corrected chi connectivity index (χ2v) is 3.45. The molecule has 3 nitrogen and oxygen atoms in total. The fourth-order valence-corrected chi connectivity index (χ4v) is 1.34. The van der Waals surface area contributed by atoms with Crippen LogP contribution in [0.3, 0.4) is 0 Å². The predicted molar refractivity (Wildman–Crippen MR) is 68.3 cm³/mol. The van der Waals surface area contributed by atoms with Gasteiger partial charge in [0, 0.05) is 12.3 Å². The number of amides is 1. The van der Waals surface area contributed by atoms with Gasteiger partial charge in [0.05, 0.1) is 0 Å². The van der Waals surface area contributed by atoms with E-state index < -0.39 is 0 Å². The van der Waals surface area contributed by atoms with Crippen molar-refractivity contribution < 1.29 is 4.79 Å². The first-order chi connectivity index (χ1) is 8.34. The summed E-state index contributed by atoms with van der Waals surface area (Å²) in [7, 11) is 0. The van der Waals surface area contributed by atoms with Crippen molar-refractivity contribution in [1.82, 2.24) is 4.98 Å². The minimum absolute atomic E-state index is 0.187. The third kappa shape index (κ3) is 3.57. The van der Waals surface area contributed by atoms with Gasteiger partial charge >= 0.3 is 0 Å². The SMILES string of the molecule is O=C(C=Cc1ccccc1)Nc1ccccn1. The van der Waals surface area contributed by atoms with Gasteiger partial charge in [-0.2, -0.15) is 0 Å². The molecule has 1 N–H and O–H groups in total. The van der Waals surface area contributed by atoms with E-state index in [-0.39, 0.29) is 5.91 Å². The van der Waals surface area contributed by atoms with Crippen LogP contribution >= 0.6 is 0 Å². The van der Waals surface area contributed by atoms with Crippen molar-refractivity contribution in [3.8, 4) is 0 Å². The van der Waals surface area contributed by atoms with Crippen molar-refractivity contribution in [2.24, 2.45) is 0 Å². The summed E-state index contributed by atoms with van der Waals surface area (Å²) in [5, 5.41) is 2.68. The van der Waals surface area contributed by atoms with Crippen LogP contribution in [-0.4, -0.2) is 10.9 Å². The molecule has 0 aliphatic heterocycles. The van der Waals surface area contributed by atoms with E-state index in [1.807, 2.05) is 36.4 Å². The van der Waals surface area contributed by atoms with Gasteiger partial charge in [0.15, 0.2) is 0 Å². The highest BCUT2D eigenvalue weighted by molar-refractivity contribution is 6.01. The van der Waals surface area contributed by atoms with Gasteiger partial charge < -0.3 is 5.32 Å². The highest BCUT2D eigenvalue weighted by Gasteiger charge is 1.96. The van der Waals surface area contributed by atoms with Gasteiger partial charge in [-0.1, -0.05) is 36.4 Å². The summed E-state index contributed by atoms with van der Waals surface area (Å²) < 4.78 is 0. The van der Waals surface area contributed by atoms with Gasteiger partial charge in [0.2, 0.25) is 5.91 Å². The molecule has 17 heavy (non-hydrogen) atoms. The number of nitrogens with zero attached hydrogens (tertiary/aromatic N) is 1. The molecule has 2 rings (SSSR count). The average Bonchev–Trinajstić information content (AvgIpc) is 2.39. The summed E-state index contributed by atoms with van der Waals surface area (Å²) in [4.78, 5) is 15.6. The molecule has 0 unspecified atom stereocenters. The van der Waals surface area contributed by atoms with Crippen molar-refractivity contribution in [3.05, 3.63) is 66.4 Å². The maximum Gasteiger partial charge on any atom is 0.249 e. The number of nitrogens with one attached hydrogen (secondary N) is 1. The number of benzene rings is 1. The van der Waals surface area contributed by atoms with E-state index >= 15 is 0 Å². The quantitative estimate of drug-likeness (QED) is 0.814. The van der Waals surface area contributed by atoms with E-state index in [0.717, 1.165) is 5.56 Å².